The van der Waals surface area contributed by atoms with Gasteiger partial charge in [-0.05, 0) is 18.2 Å². The molecule has 0 aliphatic carbocycles. The summed E-state index contributed by atoms with van der Waals surface area (Å²) < 4.78 is 10.6. The second-order valence-corrected chi connectivity index (χ2v) is 6.50. The number of pyridine rings is 1. The Morgan fingerprint density at radius 1 is 1.10 bits per heavy atom. The Labute approximate surface area is 169 Å². The van der Waals surface area contributed by atoms with Gasteiger partial charge in [-0.1, -0.05) is 29.4 Å². The molecular weight excluding hydrogens is 388 g/mol. The van der Waals surface area contributed by atoms with E-state index in [1.54, 1.807) is 30.5 Å². The smallest absolute Gasteiger partial charge is 0.287 e. The highest BCUT2D eigenvalue weighted by atomic mass is 16.5. The number of furan rings is 1. The molecule has 3 aromatic heterocycles. The molecule has 1 atom stereocenters. The third-order valence-electron chi connectivity index (χ3n) is 4.56. The van der Waals surface area contributed by atoms with Gasteiger partial charge >= 0.3 is 0 Å². The van der Waals surface area contributed by atoms with Gasteiger partial charge in [-0.3, -0.25) is 19.4 Å². The summed E-state index contributed by atoms with van der Waals surface area (Å²) in [6.45, 7) is 0. The minimum Gasteiger partial charge on any atom is -0.464 e. The van der Waals surface area contributed by atoms with Crippen molar-refractivity contribution < 1.29 is 23.3 Å². The van der Waals surface area contributed by atoms with Crippen LogP contribution in [0.15, 0.2) is 70.1 Å². The van der Waals surface area contributed by atoms with Crippen molar-refractivity contribution in [2.24, 2.45) is 5.73 Å². The molecule has 30 heavy (non-hydrogen) atoms. The van der Waals surface area contributed by atoms with Gasteiger partial charge in [-0.15, -0.1) is 0 Å². The predicted octanol–water partition coefficient (Wildman–Crippen LogP) is 1.88. The van der Waals surface area contributed by atoms with Gasteiger partial charge in [-0.2, -0.15) is 0 Å². The minimum absolute atomic E-state index is 0.0225. The summed E-state index contributed by atoms with van der Waals surface area (Å²) in [6.07, 6.45) is 4.27. The molecule has 9 nitrogen and oxygen atoms in total. The Balaban J connectivity index is 1.62. The van der Waals surface area contributed by atoms with E-state index >= 15 is 0 Å². The second kappa shape index (κ2) is 8.00. The van der Waals surface area contributed by atoms with Crippen molar-refractivity contribution >= 4 is 28.6 Å². The number of hydrogen-bond donors (Lipinski definition) is 2. The van der Waals surface area contributed by atoms with Gasteiger partial charge in [0.1, 0.15) is 22.9 Å². The first-order valence-corrected chi connectivity index (χ1v) is 9.00. The van der Waals surface area contributed by atoms with Crippen molar-refractivity contribution in [1.29, 1.82) is 0 Å². The lowest BCUT2D eigenvalue weighted by atomic mass is 10.0. The van der Waals surface area contributed by atoms with Crippen molar-refractivity contribution in [3.05, 3.63) is 72.2 Å². The molecule has 1 aromatic carbocycles. The molecule has 0 fully saturated rings. The van der Waals surface area contributed by atoms with Gasteiger partial charge in [-0.25, -0.2) is 0 Å². The summed E-state index contributed by atoms with van der Waals surface area (Å²) in [5, 5.41) is 6.98. The molecule has 0 saturated carbocycles. The zero-order valence-corrected chi connectivity index (χ0v) is 15.6. The van der Waals surface area contributed by atoms with Crippen LogP contribution in [0.3, 0.4) is 0 Å². The average molecular weight is 404 g/mol. The fourth-order valence-corrected chi connectivity index (χ4v) is 3.11. The number of ketones is 1. The maximum Gasteiger partial charge on any atom is 0.287 e. The number of rotatable bonds is 7. The first-order chi connectivity index (χ1) is 14.5. The highest BCUT2D eigenvalue weighted by molar-refractivity contribution is 6.38. The Kier molecular flexibility index (Phi) is 5.08. The normalized spacial score (nSPS) is 11.9. The number of nitrogens with two attached hydrogens (primary N) is 1. The molecule has 1 unspecified atom stereocenters. The summed E-state index contributed by atoms with van der Waals surface area (Å²) in [4.78, 5) is 40.9. The van der Waals surface area contributed by atoms with E-state index in [9.17, 15) is 14.4 Å². The summed E-state index contributed by atoms with van der Waals surface area (Å²) >= 11 is 0. The van der Waals surface area contributed by atoms with Crippen LogP contribution in [-0.4, -0.2) is 33.8 Å². The number of para-hydroxylation sites is 1. The van der Waals surface area contributed by atoms with Gasteiger partial charge in [0.2, 0.25) is 5.78 Å². The van der Waals surface area contributed by atoms with E-state index in [2.05, 4.69) is 15.5 Å². The first-order valence-electron chi connectivity index (χ1n) is 9.00. The van der Waals surface area contributed by atoms with Crippen LogP contribution >= 0.6 is 0 Å². The highest BCUT2D eigenvalue weighted by Gasteiger charge is 2.29. The Bertz CT molecular complexity index is 1230. The molecule has 0 aliphatic rings. The van der Waals surface area contributed by atoms with Gasteiger partial charge in [0.15, 0.2) is 5.76 Å². The molecule has 0 saturated heterocycles. The molecule has 0 spiro atoms. The maximum atomic E-state index is 12.9. The van der Waals surface area contributed by atoms with Crippen molar-refractivity contribution in [2.75, 3.05) is 0 Å². The fraction of sp³-hybridized carbons (Fsp3) is 0.0952. The number of aromatic nitrogens is 2. The molecule has 3 heterocycles. The molecule has 4 rings (SSSR count). The van der Waals surface area contributed by atoms with Gasteiger partial charge in [0, 0.05) is 23.6 Å². The van der Waals surface area contributed by atoms with Crippen LogP contribution in [0.25, 0.3) is 22.4 Å². The van der Waals surface area contributed by atoms with E-state index < -0.39 is 23.6 Å². The molecule has 4 aromatic rings. The lowest BCUT2D eigenvalue weighted by Crippen LogP contribution is -2.47. The van der Waals surface area contributed by atoms with E-state index in [0.717, 1.165) is 5.39 Å². The predicted molar refractivity (Wildman–Crippen MR) is 105 cm³/mol. The van der Waals surface area contributed by atoms with Gasteiger partial charge in [0.25, 0.3) is 11.8 Å². The van der Waals surface area contributed by atoms with Crippen LogP contribution in [-0.2, 0) is 16.0 Å². The Morgan fingerprint density at radius 2 is 1.90 bits per heavy atom. The SMILES string of the molecule is NC(=O)C(=O)C(Cc1coc2ccccc12)NC(=O)c1cnoc1-c1ccccn1. The molecule has 0 bridgehead atoms. The topological polar surface area (TPSA) is 141 Å². The molecular formula is C21H16N4O5. The number of nitrogens with zero attached hydrogens (tertiary/aromatic N) is 2. The molecule has 9 heteroatoms. The number of hydrogen-bond acceptors (Lipinski definition) is 7. The molecule has 3 N–H and O–H groups in total. The Hall–Kier alpha value is -4.27. The third-order valence-corrected chi connectivity index (χ3v) is 4.56. The molecule has 0 aliphatic heterocycles. The van der Waals surface area contributed by atoms with Crippen LogP contribution in [0.4, 0.5) is 0 Å². The highest BCUT2D eigenvalue weighted by Crippen LogP contribution is 2.23. The van der Waals surface area contributed by atoms with Crippen LogP contribution in [0.2, 0.25) is 0 Å². The van der Waals surface area contributed by atoms with E-state index in [1.165, 1.54) is 12.5 Å². The number of amides is 2. The standard InChI is InChI=1S/C21H16N4O5/c22-20(27)18(26)16(9-12-11-29-17-7-2-1-5-13(12)17)25-21(28)14-10-24-30-19(14)15-6-3-4-8-23-15/h1-8,10-11,16H,9H2,(H2,22,27)(H,25,28). The number of carbonyl (C=O) groups is 3. The summed E-state index contributed by atoms with van der Waals surface area (Å²) in [5.41, 5.74) is 6.95. The first kappa shape index (κ1) is 19.1. The molecule has 150 valence electrons. The minimum atomic E-state index is -1.19. The summed E-state index contributed by atoms with van der Waals surface area (Å²) in [6, 6.07) is 11.1. The van der Waals surface area contributed by atoms with Crippen molar-refractivity contribution in [3.8, 4) is 11.5 Å². The van der Waals surface area contributed by atoms with Gasteiger partial charge in [0.05, 0.1) is 12.5 Å². The number of nitrogens with one attached hydrogen (secondary N) is 1. The number of carbonyl (C=O) groups excluding carboxylic acids is 3. The Morgan fingerprint density at radius 3 is 2.67 bits per heavy atom. The quantitative estimate of drug-likeness (QED) is 0.448. The summed E-state index contributed by atoms with van der Waals surface area (Å²) in [5.74, 6) is -2.58. The lowest BCUT2D eigenvalue weighted by Gasteiger charge is -2.15. The number of Topliss-reactive ketones (excluding diaryl/α,β-unsaturated/α-hetero) is 1. The van der Waals surface area contributed by atoms with E-state index in [1.807, 2.05) is 18.2 Å². The molecule has 0 radical (unpaired) electrons. The van der Waals surface area contributed by atoms with Crippen molar-refractivity contribution in [2.45, 2.75) is 12.5 Å². The monoisotopic (exact) mass is 404 g/mol. The lowest BCUT2D eigenvalue weighted by molar-refractivity contribution is -0.137. The van der Waals surface area contributed by atoms with E-state index in [0.29, 0.717) is 16.8 Å². The average Bonchev–Trinajstić information content (AvgIpc) is 3.41. The van der Waals surface area contributed by atoms with Crippen LogP contribution in [0.1, 0.15) is 15.9 Å². The fourth-order valence-electron chi connectivity index (χ4n) is 3.11. The van der Waals surface area contributed by atoms with Crippen molar-refractivity contribution in [3.63, 3.8) is 0 Å². The number of fused-ring (bicyclic) bond motifs is 1. The largest absolute Gasteiger partial charge is 0.464 e. The van der Waals surface area contributed by atoms with E-state index in [4.69, 9.17) is 14.7 Å². The van der Waals surface area contributed by atoms with Gasteiger partial charge < -0.3 is 20.0 Å². The summed E-state index contributed by atoms with van der Waals surface area (Å²) in [7, 11) is 0. The third kappa shape index (κ3) is 3.68. The molecule has 2 amide bonds. The zero-order chi connectivity index (χ0) is 21.1. The second-order valence-electron chi connectivity index (χ2n) is 6.50. The van der Waals surface area contributed by atoms with Crippen LogP contribution in [0.5, 0.6) is 0 Å². The van der Waals surface area contributed by atoms with Crippen LogP contribution in [0, 0.1) is 0 Å². The number of benzene rings is 1. The maximum absolute atomic E-state index is 12.9. The van der Waals surface area contributed by atoms with Crippen molar-refractivity contribution in [1.82, 2.24) is 15.5 Å². The number of primary amides is 1. The zero-order valence-electron chi connectivity index (χ0n) is 15.6. The van der Waals surface area contributed by atoms with E-state index in [-0.39, 0.29) is 17.7 Å². The van der Waals surface area contributed by atoms with Crippen LogP contribution < -0.4 is 11.1 Å².